The smallest absolute Gasteiger partial charge is 0.269 e. The van der Waals surface area contributed by atoms with Crippen LogP contribution >= 0.6 is 15.9 Å². The highest BCUT2D eigenvalue weighted by Crippen LogP contribution is 2.58. The third-order valence-corrected chi connectivity index (χ3v) is 7.49. The van der Waals surface area contributed by atoms with Crippen LogP contribution in [0.2, 0.25) is 0 Å². The Morgan fingerprint density at radius 1 is 1.28 bits per heavy atom. The Morgan fingerprint density at radius 3 is 2.79 bits per heavy atom. The van der Waals surface area contributed by atoms with Gasteiger partial charge >= 0.3 is 0 Å². The van der Waals surface area contributed by atoms with Crippen LogP contribution in [0, 0.1) is 5.82 Å². The minimum absolute atomic E-state index is 0.0233. The predicted octanol–water partition coefficient (Wildman–Crippen LogP) is 4.64. The molecule has 3 aromatic rings. The van der Waals surface area contributed by atoms with Crippen LogP contribution in [0.15, 0.2) is 50.3 Å². The van der Waals surface area contributed by atoms with Crippen LogP contribution in [-0.4, -0.2) is 20.7 Å². The average Bonchev–Trinajstić information content (AvgIpc) is 3.34. The number of methoxy groups -OCH3 is 1. The van der Waals surface area contributed by atoms with Crippen LogP contribution in [-0.2, 0) is 21.9 Å². The van der Waals surface area contributed by atoms with Gasteiger partial charge in [-0.1, -0.05) is 33.2 Å². The monoisotopic (exact) mass is 478 g/mol. The SMILES string of the molecule is COc1cccc(F)c1S(=O)(=O)Nc1noc2c1CC1(CC1)c1ccc(Br)cc1-2. The van der Waals surface area contributed by atoms with Gasteiger partial charge in [-0.05, 0) is 49.1 Å². The van der Waals surface area contributed by atoms with Gasteiger partial charge in [0.1, 0.15) is 11.6 Å². The largest absolute Gasteiger partial charge is 0.495 e. The Morgan fingerprint density at radius 2 is 2.07 bits per heavy atom. The zero-order valence-corrected chi connectivity index (χ0v) is 17.7. The Kier molecular flexibility index (Phi) is 4.05. The van der Waals surface area contributed by atoms with E-state index in [1.807, 2.05) is 12.1 Å². The number of fused-ring (bicyclic) bond motifs is 4. The van der Waals surface area contributed by atoms with Crippen molar-refractivity contribution in [2.75, 3.05) is 11.8 Å². The van der Waals surface area contributed by atoms with Crippen LogP contribution in [0.1, 0.15) is 24.0 Å². The fourth-order valence-electron chi connectivity index (χ4n) is 4.05. The summed E-state index contributed by atoms with van der Waals surface area (Å²) in [7, 11) is -2.99. The van der Waals surface area contributed by atoms with Gasteiger partial charge < -0.3 is 9.26 Å². The summed E-state index contributed by atoms with van der Waals surface area (Å²) >= 11 is 3.48. The van der Waals surface area contributed by atoms with Gasteiger partial charge in [0.25, 0.3) is 10.0 Å². The van der Waals surface area contributed by atoms with E-state index in [2.05, 4.69) is 31.9 Å². The summed E-state index contributed by atoms with van der Waals surface area (Å²) in [6.45, 7) is 0. The molecule has 1 heterocycles. The lowest BCUT2D eigenvalue weighted by Crippen LogP contribution is -2.20. The third kappa shape index (κ3) is 2.86. The molecule has 6 nitrogen and oxygen atoms in total. The molecule has 0 unspecified atom stereocenters. The van der Waals surface area contributed by atoms with Crippen molar-refractivity contribution in [2.24, 2.45) is 0 Å². The van der Waals surface area contributed by atoms with Crippen LogP contribution in [0.5, 0.6) is 5.75 Å². The van der Waals surface area contributed by atoms with Gasteiger partial charge in [0, 0.05) is 21.0 Å². The first-order chi connectivity index (χ1) is 13.8. The van der Waals surface area contributed by atoms with E-state index in [1.165, 1.54) is 24.8 Å². The minimum Gasteiger partial charge on any atom is -0.495 e. The molecule has 29 heavy (non-hydrogen) atoms. The second-order valence-corrected chi connectivity index (χ2v) is 9.90. The lowest BCUT2D eigenvalue weighted by atomic mass is 9.79. The van der Waals surface area contributed by atoms with E-state index in [-0.39, 0.29) is 17.0 Å². The van der Waals surface area contributed by atoms with E-state index in [0.29, 0.717) is 17.7 Å². The number of nitrogens with one attached hydrogen (secondary N) is 1. The van der Waals surface area contributed by atoms with E-state index < -0.39 is 20.7 Å². The molecule has 9 heteroatoms. The molecular weight excluding hydrogens is 463 g/mol. The van der Waals surface area contributed by atoms with Crippen molar-refractivity contribution in [1.82, 2.24) is 5.16 Å². The molecule has 0 saturated heterocycles. The van der Waals surface area contributed by atoms with E-state index in [0.717, 1.165) is 28.9 Å². The van der Waals surface area contributed by atoms with E-state index in [1.54, 1.807) is 0 Å². The molecule has 1 spiro atoms. The maximum absolute atomic E-state index is 14.3. The number of ether oxygens (including phenoxy) is 1. The summed E-state index contributed by atoms with van der Waals surface area (Å²) < 4.78 is 54.1. The first-order valence-corrected chi connectivity index (χ1v) is 11.3. The average molecular weight is 479 g/mol. The first kappa shape index (κ1) is 18.6. The molecule has 2 aromatic carbocycles. The third-order valence-electron chi connectivity index (χ3n) is 5.61. The maximum Gasteiger partial charge on any atom is 0.269 e. The quantitative estimate of drug-likeness (QED) is 0.590. The number of hydrogen-bond donors (Lipinski definition) is 1. The van der Waals surface area contributed by atoms with Crippen molar-refractivity contribution in [3.05, 3.63) is 57.8 Å². The standard InChI is InChI=1S/C20H16BrFN2O4S/c1-27-16-4-2-3-15(22)18(16)29(25,26)24-19-13-10-20(7-8-20)14-6-5-11(21)9-12(14)17(13)28-23-19/h2-6,9H,7-8,10H2,1H3,(H,23,24). The highest BCUT2D eigenvalue weighted by Gasteiger charge is 2.50. The normalized spacial score (nSPS) is 16.2. The Bertz CT molecular complexity index is 1250. The maximum atomic E-state index is 14.3. The number of aromatic nitrogens is 1. The van der Waals surface area contributed by atoms with Crippen molar-refractivity contribution in [1.29, 1.82) is 0 Å². The summed E-state index contributed by atoms with van der Waals surface area (Å²) in [5.74, 6) is -0.357. The van der Waals surface area contributed by atoms with E-state index in [4.69, 9.17) is 9.26 Å². The van der Waals surface area contributed by atoms with Gasteiger partial charge in [0.15, 0.2) is 16.5 Å². The topological polar surface area (TPSA) is 81.4 Å². The second kappa shape index (κ2) is 6.30. The summed E-state index contributed by atoms with van der Waals surface area (Å²) in [5.41, 5.74) is 2.76. The van der Waals surface area contributed by atoms with Crippen molar-refractivity contribution >= 4 is 31.8 Å². The lowest BCUT2D eigenvalue weighted by Gasteiger charge is -2.24. The van der Waals surface area contributed by atoms with Crippen molar-refractivity contribution in [3.8, 4) is 17.1 Å². The molecule has 0 aliphatic heterocycles. The Balaban J connectivity index is 1.60. The molecule has 2 aliphatic rings. The molecule has 1 N–H and O–H groups in total. The number of benzene rings is 2. The lowest BCUT2D eigenvalue weighted by molar-refractivity contribution is 0.395. The van der Waals surface area contributed by atoms with Crippen LogP contribution in [0.25, 0.3) is 11.3 Å². The predicted molar refractivity (Wildman–Crippen MR) is 108 cm³/mol. The number of rotatable bonds is 4. The number of halogens is 2. The highest BCUT2D eigenvalue weighted by atomic mass is 79.9. The zero-order chi connectivity index (χ0) is 20.4. The number of hydrogen-bond acceptors (Lipinski definition) is 5. The summed E-state index contributed by atoms with van der Waals surface area (Å²) in [4.78, 5) is -0.556. The molecule has 1 aromatic heterocycles. The van der Waals surface area contributed by atoms with Crippen LogP contribution in [0.4, 0.5) is 10.2 Å². The van der Waals surface area contributed by atoms with Crippen molar-refractivity contribution in [3.63, 3.8) is 0 Å². The Hall–Kier alpha value is -2.39. The fourth-order valence-corrected chi connectivity index (χ4v) is 5.67. The van der Waals surface area contributed by atoms with E-state index >= 15 is 0 Å². The molecule has 1 saturated carbocycles. The molecular formula is C20H16BrFN2O4S. The number of nitrogens with zero attached hydrogens (tertiary/aromatic N) is 1. The molecule has 1 fully saturated rings. The van der Waals surface area contributed by atoms with Gasteiger partial charge in [-0.2, -0.15) is 0 Å². The zero-order valence-electron chi connectivity index (χ0n) is 15.3. The number of sulfonamides is 1. The van der Waals surface area contributed by atoms with Crippen molar-refractivity contribution < 1.29 is 22.1 Å². The van der Waals surface area contributed by atoms with E-state index in [9.17, 15) is 12.8 Å². The highest BCUT2D eigenvalue weighted by molar-refractivity contribution is 9.10. The van der Waals surface area contributed by atoms with Crippen LogP contribution in [0.3, 0.4) is 0 Å². The number of anilines is 1. The molecule has 150 valence electrons. The summed E-state index contributed by atoms with van der Waals surface area (Å²) in [6, 6.07) is 9.87. The molecule has 0 amide bonds. The van der Waals surface area contributed by atoms with Gasteiger partial charge in [-0.3, -0.25) is 4.72 Å². The van der Waals surface area contributed by atoms with Crippen LogP contribution < -0.4 is 9.46 Å². The van der Waals surface area contributed by atoms with Gasteiger partial charge in [0.05, 0.1) is 7.11 Å². The Labute approximate surface area is 175 Å². The van der Waals surface area contributed by atoms with Gasteiger partial charge in [0.2, 0.25) is 0 Å². The van der Waals surface area contributed by atoms with Gasteiger partial charge in [-0.15, -0.1) is 0 Å². The minimum atomic E-state index is -4.27. The summed E-state index contributed by atoms with van der Waals surface area (Å²) in [6.07, 6.45) is 2.64. The molecule has 0 radical (unpaired) electrons. The first-order valence-electron chi connectivity index (χ1n) is 8.99. The van der Waals surface area contributed by atoms with Gasteiger partial charge in [-0.25, -0.2) is 12.8 Å². The fraction of sp³-hybridized carbons (Fsp3) is 0.250. The molecule has 0 atom stereocenters. The second-order valence-electron chi connectivity index (χ2n) is 7.36. The molecule has 2 aliphatic carbocycles. The van der Waals surface area contributed by atoms with Crippen molar-refractivity contribution in [2.45, 2.75) is 29.6 Å². The summed E-state index contributed by atoms with van der Waals surface area (Å²) in [5, 5.41) is 3.97. The molecule has 0 bridgehead atoms. The molecule has 5 rings (SSSR count).